The lowest BCUT2D eigenvalue weighted by atomic mass is 9.95. The van der Waals surface area contributed by atoms with E-state index in [1.807, 2.05) is 0 Å². The number of benzene rings is 2. The van der Waals surface area contributed by atoms with Crippen LogP contribution in [0.1, 0.15) is 24.5 Å². The molecule has 90 valence electrons. The van der Waals surface area contributed by atoms with Crippen molar-refractivity contribution >= 4 is 10.8 Å². The summed E-state index contributed by atoms with van der Waals surface area (Å²) in [7, 11) is 0. The minimum atomic E-state index is 0.280. The summed E-state index contributed by atoms with van der Waals surface area (Å²) in [6.07, 6.45) is 2.00. The Kier molecular flexibility index (Phi) is 3.80. The zero-order chi connectivity index (χ0) is 12.3. The molecular weight excluding hydrogens is 208 g/mol. The van der Waals surface area contributed by atoms with Crippen molar-refractivity contribution in [2.24, 2.45) is 5.92 Å². The zero-order valence-electron chi connectivity index (χ0n) is 10.6. The van der Waals surface area contributed by atoms with E-state index in [1.54, 1.807) is 0 Å². The van der Waals surface area contributed by atoms with E-state index in [2.05, 4.69) is 50.2 Å². The van der Waals surface area contributed by atoms with Crippen LogP contribution in [-0.4, -0.2) is 11.7 Å². The van der Waals surface area contributed by atoms with Crippen LogP contribution in [0.25, 0.3) is 10.8 Å². The first-order valence-electron chi connectivity index (χ1n) is 6.33. The van der Waals surface area contributed by atoms with E-state index in [-0.39, 0.29) is 6.61 Å². The summed E-state index contributed by atoms with van der Waals surface area (Å²) in [6.45, 7) is 4.53. The minimum Gasteiger partial charge on any atom is -0.396 e. The first-order chi connectivity index (χ1) is 8.22. The van der Waals surface area contributed by atoms with Gasteiger partial charge in [-0.1, -0.05) is 55.3 Å². The Labute approximate surface area is 103 Å². The van der Waals surface area contributed by atoms with Crippen molar-refractivity contribution in [1.82, 2.24) is 0 Å². The molecule has 1 heteroatoms. The van der Waals surface area contributed by atoms with Gasteiger partial charge in [0.1, 0.15) is 0 Å². The highest BCUT2D eigenvalue weighted by atomic mass is 16.3. The largest absolute Gasteiger partial charge is 0.396 e. The fourth-order valence-corrected chi connectivity index (χ4v) is 2.21. The zero-order valence-corrected chi connectivity index (χ0v) is 10.6. The second kappa shape index (κ2) is 5.33. The Morgan fingerprint density at radius 1 is 1.06 bits per heavy atom. The molecule has 0 saturated heterocycles. The van der Waals surface area contributed by atoms with Gasteiger partial charge in [0.2, 0.25) is 0 Å². The summed E-state index contributed by atoms with van der Waals surface area (Å²) in [5.74, 6) is 0.387. The molecule has 1 nitrogen and oxygen atoms in total. The molecule has 0 saturated carbocycles. The highest BCUT2D eigenvalue weighted by Crippen LogP contribution is 2.20. The van der Waals surface area contributed by atoms with Gasteiger partial charge in [0.15, 0.2) is 0 Å². The van der Waals surface area contributed by atoms with Crippen LogP contribution in [0.5, 0.6) is 0 Å². The predicted molar refractivity (Wildman–Crippen MR) is 73.3 cm³/mol. The van der Waals surface area contributed by atoms with Crippen LogP contribution < -0.4 is 0 Å². The lowest BCUT2D eigenvalue weighted by Gasteiger charge is -2.12. The Morgan fingerprint density at radius 3 is 2.47 bits per heavy atom. The van der Waals surface area contributed by atoms with Crippen LogP contribution in [-0.2, 0) is 6.42 Å². The van der Waals surface area contributed by atoms with Gasteiger partial charge in [-0.3, -0.25) is 0 Å². The van der Waals surface area contributed by atoms with Crippen molar-refractivity contribution in [1.29, 1.82) is 0 Å². The summed E-state index contributed by atoms with van der Waals surface area (Å²) >= 11 is 0. The molecule has 0 fully saturated rings. The highest BCUT2D eigenvalue weighted by molar-refractivity contribution is 5.83. The predicted octanol–water partition coefficient (Wildman–Crippen LogP) is 3.71. The number of hydrogen-bond donors (Lipinski definition) is 1. The number of aliphatic hydroxyl groups is 1. The normalized spacial score (nSPS) is 12.9. The van der Waals surface area contributed by atoms with Crippen molar-refractivity contribution in [2.75, 3.05) is 6.61 Å². The molecule has 0 radical (unpaired) electrons. The smallest absolute Gasteiger partial charge is 0.0462 e. The van der Waals surface area contributed by atoms with Crippen molar-refractivity contribution in [3.63, 3.8) is 0 Å². The maximum absolute atomic E-state index is 9.24. The van der Waals surface area contributed by atoms with Crippen molar-refractivity contribution in [2.45, 2.75) is 26.7 Å². The maximum Gasteiger partial charge on any atom is 0.0462 e. The third-order valence-electron chi connectivity index (χ3n) is 3.42. The Hall–Kier alpha value is -1.34. The summed E-state index contributed by atoms with van der Waals surface area (Å²) in [6, 6.07) is 13.1. The van der Waals surface area contributed by atoms with Gasteiger partial charge in [0.05, 0.1) is 0 Å². The fraction of sp³-hybridized carbons (Fsp3) is 0.375. The van der Waals surface area contributed by atoms with Crippen LogP contribution in [0.4, 0.5) is 0 Å². The van der Waals surface area contributed by atoms with Gasteiger partial charge in [0, 0.05) is 6.61 Å². The van der Waals surface area contributed by atoms with Crippen LogP contribution in [0, 0.1) is 12.8 Å². The average Bonchev–Trinajstić information content (AvgIpc) is 2.36. The number of aliphatic hydroxyl groups excluding tert-OH is 1. The van der Waals surface area contributed by atoms with Gasteiger partial charge in [-0.25, -0.2) is 0 Å². The molecule has 0 spiro atoms. The van der Waals surface area contributed by atoms with Crippen molar-refractivity contribution in [3.05, 3.63) is 47.5 Å². The third-order valence-corrected chi connectivity index (χ3v) is 3.42. The van der Waals surface area contributed by atoms with Crippen molar-refractivity contribution < 1.29 is 5.11 Å². The molecular formula is C16H20O. The van der Waals surface area contributed by atoms with Gasteiger partial charge in [-0.2, -0.15) is 0 Å². The highest BCUT2D eigenvalue weighted by Gasteiger charge is 2.06. The SMILES string of the molecule is CCC(CO)Cc1ccc2cc(C)ccc2c1. The van der Waals surface area contributed by atoms with Gasteiger partial charge in [-0.05, 0) is 35.6 Å². The number of aryl methyl sites for hydroxylation is 1. The Morgan fingerprint density at radius 2 is 1.76 bits per heavy atom. The topological polar surface area (TPSA) is 20.2 Å². The van der Waals surface area contributed by atoms with E-state index in [0.717, 1.165) is 12.8 Å². The second-order valence-electron chi connectivity index (χ2n) is 4.85. The molecule has 2 rings (SSSR count). The lowest BCUT2D eigenvalue weighted by molar-refractivity contribution is 0.222. The molecule has 2 aromatic rings. The van der Waals surface area contributed by atoms with E-state index in [1.165, 1.54) is 21.9 Å². The van der Waals surface area contributed by atoms with Crippen molar-refractivity contribution in [3.8, 4) is 0 Å². The molecule has 0 heterocycles. The summed E-state index contributed by atoms with van der Waals surface area (Å²) in [4.78, 5) is 0. The minimum absolute atomic E-state index is 0.280. The van der Waals surface area contributed by atoms with Crippen LogP contribution in [0.15, 0.2) is 36.4 Å². The van der Waals surface area contributed by atoms with Gasteiger partial charge < -0.3 is 5.11 Å². The van der Waals surface area contributed by atoms with Gasteiger partial charge >= 0.3 is 0 Å². The third kappa shape index (κ3) is 2.86. The monoisotopic (exact) mass is 228 g/mol. The van der Waals surface area contributed by atoms with E-state index in [4.69, 9.17) is 0 Å². The average molecular weight is 228 g/mol. The van der Waals surface area contributed by atoms with E-state index in [0.29, 0.717) is 5.92 Å². The standard InChI is InChI=1S/C16H20O/c1-3-13(11-17)9-14-5-7-15-8-12(2)4-6-16(15)10-14/h4-8,10,13,17H,3,9,11H2,1-2H3. The molecule has 2 aromatic carbocycles. The molecule has 1 N–H and O–H groups in total. The number of hydrogen-bond acceptors (Lipinski definition) is 1. The Balaban J connectivity index is 2.28. The second-order valence-corrected chi connectivity index (χ2v) is 4.85. The quantitative estimate of drug-likeness (QED) is 0.845. The van der Waals surface area contributed by atoms with E-state index < -0.39 is 0 Å². The number of rotatable bonds is 4. The summed E-state index contributed by atoms with van der Waals surface area (Å²) in [5, 5.41) is 11.8. The summed E-state index contributed by atoms with van der Waals surface area (Å²) in [5.41, 5.74) is 2.62. The maximum atomic E-state index is 9.24. The van der Waals surface area contributed by atoms with Gasteiger partial charge in [0.25, 0.3) is 0 Å². The van der Waals surface area contributed by atoms with Crippen LogP contribution in [0.2, 0.25) is 0 Å². The molecule has 0 aliphatic rings. The molecule has 0 bridgehead atoms. The molecule has 0 aliphatic carbocycles. The number of fused-ring (bicyclic) bond motifs is 1. The Bertz CT molecular complexity index is 498. The molecule has 17 heavy (non-hydrogen) atoms. The fourth-order valence-electron chi connectivity index (χ4n) is 2.21. The molecule has 0 aromatic heterocycles. The molecule has 0 amide bonds. The summed E-state index contributed by atoms with van der Waals surface area (Å²) < 4.78 is 0. The van der Waals surface area contributed by atoms with Crippen LogP contribution >= 0.6 is 0 Å². The van der Waals surface area contributed by atoms with Crippen LogP contribution in [0.3, 0.4) is 0 Å². The first-order valence-corrected chi connectivity index (χ1v) is 6.33. The van der Waals surface area contributed by atoms with E-state index >= 15 is 0 Å². The molecule has 1 unspecified atom stereocenters. The molecule has 0 aliphatic heterocycles. The lowest BCUT2D eigenvalue weighted by Crippen LogP contribution is -2.07. The molecule has 1 atom stereocenters. The van der Waals surface area contributed by atoms with E-state index in [9.17, 15) is 5.11 Å². The first kappa shape index (κ1) is 12.1. The van der Waals surface area contributed by atoms with Gasteiger partial charge in [-0.15, -0.1) is 0 Å².